The van der Waals surface area contributed by atoms with Crippen LogP contribution in [0.5, 0.6) is 0 Å². The average Bonchev–Trinajstić information content (AvgIpc) is 3.21. The van der Waals surface area contributed by atoms with Crippen molar-refractivity contribution in [3.8, 4) is 0 Å². The SMILES string of the molecule is CC[C@@H](C)c1ccc(NC(=O)CSc2nnc(C34CC5CC(CC(C5)C3)C4)o2)cc1. The number of hydrogen-bond acceptors (Lipinski definition) is 5. The van der Waals surface area contributed by atoms with E-state index in [0.717, 1.165) is 35.8 Å². The monoisotopic (exact) mass is 425 g/mol. The van der Waals surface area contributed by atoms with Crippen LogP contribution in [-0.2, 0) is 10.2 Å². The van der Waals surface area contributed by atoms with E-state index in [1.54, 1.807) is 0 Å². The van der Waals surface area contributed by atoms with Gasteiger partial charge >= 0.3 is 0 Å². The number of hydrogen-bond donors (Lipinski definition) is 1. The predicted molar refractivity (Wildman–Crippen MR) is 119 cm³/mol. The second-order valence-electron chi connectivity index (χ2n) is 9.84. The predicted octanol–water partition coefficient (Wildman–Crippen LogP) is 5.78. The van der Waals surface area contributed by atoms with Crippen molar-refractivity contribution in [2.24, 2.45) is 17.8 Å². The summed E-state index contributed by atoms with van der Waals surface area (Å²) < 4.78 is 6.08. The van der Waals surface area contributed by atoms with Crippen LogP contribution in [0.2, 0.25) is 0 Å². The normalized spacial score (nSPS) is 30.4. The Morgan fingerprint density at radius 1 is 1.13 bits per heavy atom. The molecule has 6 rings (SSSR count). The Hall–Kier alpha value is -1.82. The summed E-state index contributed by atoms with van der Waals surface area (Å²) in [6.07, 6.45) is 8.92. The molecule has 4 bridgehead atoms. The first-order chi connectivity index (χ1) is 14.5. The summed E-state index contributed by atoms with van der Waals surface area (Å²) in [5, 5.41) is 12.2. The Morgan fingerprint density at radius 2 is 1.77 bits per heavy atom. The molecule has 160 valence electrons. The largest absolute Gasteiger partial charge is 0.415 e. The summed E-state index contributed by atoms with van der Waals surface area (Å²) in [5.74, 6) is 4.11. The molecule has 1 N–H and O–H groups in total. The zero-order valence-corrected chi connectivity index (χ0v) is 18.7. The van der Waals surface area contributed by atoms with Gasteiger partial charge in [-0.3, -0.25) is 4.79 Å². The van der Waals surface area contributed by atoms with Crippen molar-refractivity contribution >= 4 is 23.4 Å². The van der Waals surface area contributed by atoms with Crippen LogP contribution in [-0.4, -0.2) is 21.9 Å². The Morgan fingerprint density at radius 3 is 2.37 bits per heavy atom. The number of benzene rings is 1. The maximum atomic E-state index is 12.4. The second kappa shape index (κ2) is 8.03. The summed E-state index contributed by atoms with van der Waals surface area (Å²) in [5.41, 5.74) is 2.24. The minimum Gasteiger partial charge on any atom is -0.415 e. The molecule has 4 aliphatic rings. The van der Waals surface area contributed by atoms with Gasteiger partial charge in [-0.2, -0.15) is 0 Å². The maximum absolute atomic E-state index is 12.4. The van der Waals surface area contributed by atoms with Gasteiger partial charge in [0.05, 0.1) is 5.75 Å². The Kier molecular flexibility index (Phi) is 5.38. The van der Waals surface area contributed by atoms with E-state index in [2.05, 4.69) is 41.5 Å². The van der Waals surface area contributed by atoms with Gasteiger partial charge in [-0.25, -0.2) is 0 Å². The van der Waals surface area contributed by atoms with E-state index in [9.17, 15) is 4.79 Å². The lowest BCUT2D eigenvalue weighted by Gasteiger charge is -2.55. The summed E-state index contributed by atoms with van der Waals surface area (Å²) in [4.78, 5) is 12.4. The summed E-state index contributed by atoms with van der Waals surface area (Å²) in [6.45, 7) is 4.40. The molecule has 0 unspecified atom stereocenters. The average molecular weight is 426 g/mol. The van der Waals surface area contributed by atoms with Crippen molar-refractivity contribution in [2.75, 3.05) is 11.1 Å². The summed E-state index contributed by atoms with van der Waals surface area (Å²) in [6, 6.07) is 8.13. The van der Waals surface area contributed by atoms with Gasteiger partial charge in [0.2, 0.25) is 11.8 Å². The van der Waals surface area contributed by atoms with Gasteiger partial charge in [-0.1, -0.05) is 37.7 Å². The van der Waals surface area contributed by atoms with Crippen LogP contribution in [0.25, 0.3) is 0 Å². The molecule has 1 heterocycles. The highest BCUT2D eigenvalue weighted by atomic mass is 32.2. The minimum absolute atomic E-state index is 0.0501. The van der Waals surface area contributed by atoms with Gasteiger partial charge in [0.15, 0.2) is 0 Å². The molecule has 1 amide bonds. The number of thioether (sulfide) groups is 1. The fraction of sp³-hybridized carbons (Fsp3) is 0.625. The summed E-state index contributed by atoms with van der Waals surface area (Å²) in [7, 11) is 0. The third kappa shape index (κ3) is 3.91. The van der Waals surface area contributed by atoms with Gasteiger partial charge in [0.1, 0.15) is 0 Å². The molecule has 1 aromatic carbocycles. The van der Waals surface area contributed by atoms with E-state index in [-0.39, 0.29) is 17.1 Å². The zero-order chi connectivity index (χ0) is 20.7. The van der Waals surface area contributed by atoms with Crippen LogP contribution in [0.15, 0.2) is 33.9 Å². The molecule has 5 nitrogen and oxygen atoms in total. The molecule has 0 radical (unpaired) electrons. The third-order valence-corrected chi connectivity index (χ3v) is 8.42. The Balaban J connectivity index is 1.17. The van der Waals surface area contributed by atoms with E-state index >= 15 is 0 Å². The van der Waals surface area contributed by atoms with Crippen LogP contribution in [0.3, 0.4) is 0 Å². The smallest absolute Gasteiger partial charge is 0.277 e. The van der Waals surface area contributed by atoms with E-state index in [1.807, 2.05) is 12.1 Å². The number of aromatic nitrogens is 2. The van der Waals surface area contributed by atoms with Crippen molar-refractivity contribution in [3.05, 3.63) is 35.7 Å². The molecule has 0 aliphatic heterocycles. The highest BCUT2D eigenvalue weighted by molar-refractivity contribution is 7.99. The van der Waals surface area contributed by atoms with E-state index in [4.69, 9.17) is 4.42 Å². The van der Waals surface area contributed by atoms with Crippen LogP contribution in [0.4, 0.5) is 5.69 Å². The van der Waals surface area contributed by atoms with Gasteiger partial charge in [0.25, 0.3) is 5.22 Å². The van der Waals surface area contributed by atoms with Gasteiger partial charge in [-0.15, -0.1) is 10.2 Å². The van der Waals surface area contributed by atoms with Gasteiger partial charge < -0.3 is 9.73 Å². The van der Waals surface area contributed by atoms with Crippen molar-refractivity contribution in [2.45, 2.75) is 75.3 Å². The maximum Gasteiger partial charge on any atom is 0.277 e. The molecule has 4 aliphatic carbocycles. The van der Waals surface area contributed by atoms with Crippen LogP contribution >= 0.6 is 11.8 Å². The standard InChI is InChI=1S/C24H31N3O2S/c1-3-15(2)19-4-6-20(7-5-19)25-21(28)14-30-23-27-26-22(29-23)24-11-16-8-17(12-24)10-18(9-16)13-24/h4-7,15-18H,3,8-14H2,1-2H3,(H,25,28)/t15-,16?,17?,18?,24?/m1/s1. The van der Waals surface area contributed by atoms with E-state index in [1.165, 1.54) is 55.9 Å². The topological polar surface area (TPSA) is 68.0 Å². The lowest BCUT2D eigenvalue weighted by atomic mass is 9.49. The molecule has 6 heteroatoms. The fourth-order valence-corrected chi connectivity index (χ4v) is 6.87. The molecule has 1 atom stereocenters. The first kappa shape index (κ1) is 20.1. The van der Waals surface area contributed by atoms with Gasteiger partial charge in [-0.05, 0) is 86.3 Å². The minimum atomic E-state index is -0.0501. The molecule has 0 saturated heterocycles. The zero-order valence-electron chi connectivity index (χ0n) is 17.9. The van der Waals surface area contributed by atoms with Crippen molar-refractivity contribution in [1.29, 1.82) is 0 Å². The third-order valence-electron chi connectivity index (χ3n) is 7.60. The van der Waals surface area contributed by atoms with Crippen molar-refractivity contribution in [1.82, 2.24) is 10.2 Å². The quantitative estimate of drug-likeness (QED) is 0.569. The number of nitrogens with zero attached hydrogens (tertiary/aromatic N) is 2. The second-order valence-corrected chi connectivity index (χ2v) is 10.8. The fourth-order valence-electron chi connectivity index (χ4n) is 6.31. The number of carbonyl (C=O) groups excluding carboxylic acids is 1. The first-order valence-corrected chi connectivity index (χ1v) is 12.4. The first-order valence-electron chi connectivity index (χ1n) is 11.4. The Labute approximate surface area is 182 Å². The number of nitrogens with one attached hydrogen (secondary N) is 1. The number of amides is 1. The lowest BCUT2D eigenvalue weighted by molar-refractivity contribution is -0.113. The number of carbonyl (C=O) groups is 1. The molecule has 30 heavy (non-hydrogen) atoms. The van der Waals surface area contributed by atoms with Crippen molar-refractivity contribution in [3.63, 3.8) is 0 Å². The molecular formula is C24H31N3O2S. The van der Waals surface area contributed by atoms with E-state index in [0.29, 0.717) is 11.1 Å². The van der Waals surface area contributed by atoms with Crippen LogP contribution in [0.1, 0.15) is 76.2 Å². The molecule has 1 aromatic heterocycles. The van der Waals surface area contributed by atoms with Crippen LogP contribution < -0.4 is 5.32 Å². The highest BCUT2D eigenvalue weighted by Crippen LogP contribution is 2.60. The highest BCUT2D eigenvalue weighted by Gasteiger charge is 2.54. The van der Waals surface area contributed by atoms with E-state index < -0.39 is 0 Å². The molecule has 2 aromatic rings. The van der Waals surface area contributed by atoms with Crippen LogP contribution in [0, 0.1) is 17.8 Å². The molecule has 4 saturated carbocycles. The Bertz CT molecular complexity index is 872. The summed E-state index contributed by atoms with van der Waals surface area (Å²) >= 11 is 1.33. The lowest BCUT2D eigenvalue weighted by Crippen LogP contribution is -2.48. The number of anilines is 1. The number of rotatable bonds is 7. The van der Waals surface area contributed by atoms with Gasteiger partial charge in [0, 0.05) is 11.1 Å². The molecular weight excluding hydrogens is 394 g/mol. The molecule has 0 spiro atoms. The van der Waals surface area contributed by atoms with Crippen molar-refractivity contribution < 1.29 is 9.21 Å². The molecule has 4 fully saturated rings.